The molecular formula is C13H26O2. The lowest BCUT2D eigenvalue weighted by molar-refractivity contribution is -0.175. The molecule has 1 aliphatic rings. The zero-order valence-electron chi connectivity index (χ0n) is 10.5. The van der Waals surface area contributed by atoms with Crippen LogP contribution in [-0.2, 0) is 9.47 Å². The highest BCUT2D eigenvalue weighted by molar-refractivity contribution is 4.68. The Morgan fingerprint density at radius 3 is 2.87 bits per heavy atom. The molecule has 2 heteroatoms. The predicted octanol–water partition coefficient (Wildman–Crippen LogP) is 3.60. The molecule has 90 valence electrons. The van der Waals surface area contributed by atoms with E-state index >= 15 is 0 Å². The van der Waals surface area contributed by atoms with Crippen LogP contribution >= 0.6 is 0 Å². The summed E-state index contributed by atoms with van der Waals surface area (Å²) in [6, 6.07) is 0. The molecule has 0 aliphatic carbocycles. The van der Waals surface area contributed by atoms with Gasteiger partial charge in [-0.2, -0.15) is 0 Å². The molecule has 1 saturated heterocycles. The molecule has 2 unspecified atom stereocenters. The van der Waals surface area contributed by atoms with Crippen molar-refractivity contribution >= 4 is 0 Å². The van der Waals surface area contributed by atoms with Crippen molar-refractivity contribution < 1.29 is 9.47 Å². The second kappa shape index (κ2) is 7.24. The highest BCUT2D eigenvalue weighted by atomic mass is 16.7. The van der Waals surface area contributed by atoms with Gasteiger partial charge in [0.1, 0.15) is 0 Å². The van der Waals surface area contributed by atoms with Crippen molar-refractivity contribution in [2.45, 2.75) is 59.2 Å². The van der Waals surface area contributed by atoms with E-state index in [1.165, 1.54) is 19.3 Å². The zero-order valence-corrected chi connectivity index (χ0v) is 10.5. The van der Waals surface area contributed by atoms with Gasteiger partial charge in [-0.25, -0.2) is 0 Å². The van der Waals surface area contributed by atoms with Crippen molar-refractivity contribution in [3.63, 3.8) is 0 Å². The number of rotatable bonds is 6. The molecule has 0 aromatic carbocycles. The van der Waals surface area contributed by atoms with E-state index in [0.29, 0.717) is 0 Å². The Morgan fingerprint density at radius 1 is 1.40 bits per heavy atom. The van der Waals surface area contributed by atoms with E-state index < -0.39 is 0 Å². The van der Waals surface area contributed by atoms with Crippen LogP contribution in [0.15, 0.2) is 0 Å². The second-order valence-electron chi connectivity index (χ2n) is 5.04. The van der Waals surface area contributed by atoms with Crippen molar-refractivity contribution in [3.8, 4) is 0 Å². The van der Waals surface area contributed by atoms with Gasteiger partial charge in [0.05, 0.1) is 0 Å². The summed E-state index contributed by atoms with van der Waals surface area (Å²) in [7, 11) is 0. The Hall–Kier alpha value is -0.0800. The van der Waals surface area contributed by atoms with Crippen LogP contribution in [0.3, 0.4) is 0 Å². The molecule has 0 amide bonds. The molecule has 0 saturated carbocycles. The van der Waals surface area contributed by atoms with E-state index in [9.17, 15) is 0 Å². The molecule has 1 rings (SSSR count). The predicted molar refractivity (Wildman–Crippen MR) is 62.8 cm³/mol. The monoisotopic (exact) mass is 214 g/mol. The molecule has 15 heavy (non-hydrogen) atoms. The largest absolute Gasteiger partial charge is 0.353 e. The Kier molecular flexibility index (Phi) is 6.26. The van der Waals surface area contributed by atoms with Gasteiger partial charge < -0.3 is 9.47 Å². The summed E-state index contributed by atoms with van der Waals surface area (Å²) in [6.07, 6.45) is 6.05. The molecule has 1 fully saturated rings. The summed E-state index contributed by atoms with van der Waals surface area (Å²) < 4.78 is 11.3. The van der Waals surface area contributed by atoms with Crippen molar-refractivity contribution in [1.29, 1.82) is 0 Å². The molecule has 2 atom stereocenters. The molecule has 0 aromatic heterocycles. The Labute approximate surface area is 94.3 Å². The smallest absolute Gasteiger partial charge is 0.157 e. The molecule has 1 heterocycles. The quantitative estimate of drug-likeness (QED) is 0.629. The van der Waals surface area contributed by atoms with E-state index in [2.05, 4.69) is 20.8 Å². The summed E-state index contributed by atoms with van der Waals surface area (Å²) in [5.41, 5.74) is 0. The highest BCUT2D eigenvalue weighted by Crippen LogP contribution is 2.26. The van der Waals surface area contributed by atoms with Crippen LogP contribution in [-0.4, -0.2) is 19.5 Å². The molecule has 0 N–H and O–H groups in total. The van der Waals surface area contributed by atoms with E-state index in [-0.39, 0.29) is 6.29 Å². The van der Waals surface area contributed by atoms with Crippen molar-refractivity contribution in [2.24, 2.45) is 11.8 Å². The molecule has 0 radical (unpaired) electrons. The average Bonchev–Trinajstić information content (AvgIpc) is 2.18. The molecule has 0 spiro atoms. The topological polar surface area (TPSA) is 18.5 Å². The van der Waals surface area contributed by atoms with Gasteiger partial charge >= 0.3 is 0 Å². The molecule has 0 bridgehead atoms. The van der Waals surface area contributed by atoms with E-state index in [0.717, 1.165) is 37.9 Å². The minimum atomic E-state index is 0.0778. The third-order valence-electron chi connectivity index (χ3n) is 2.96. The number of hydrogen-bond acceptors (Lipinski definition) is 2. The van der Waals surface area contributed by atoms with Gasteiger partial charge in [-0.05, 0) is 31.1 Å². The third kappa shape index (κ3) is 5.53. The van der Waals surface area contributed by atoms with Crippen LogP contribution in [0.5, 0.6) is 0 Å². The van der Waals surface area contributed by atoms with Crippen molar-refractivity contribution in [3.05, 3.63) is 0 Å². The lowest BCUT2D eigenvalue weighted by atomic mass is 9.90. The van der Waals surface area contributed by atoms with E-state index in [1.807, 2.05) is 0 Å². The molecule has 2 nitrogen and oxygen atoms in total. The fourth-order valence-electron chi connectivity index (χ4n) is 2.18. The molecule has 0 aromatic rings. The minimum Gasteiger partial charge on any atom is -0.353 e. The van der Waals surface area contributed by atoms with Crippen molar-refractivity contribution in [2.75, 3.05) is 13.2 Å². The normalized spacial score (nSPS) is 27.2. The summed E-state index contributed by atoms with van der Waals surface area (Å²) in [5.74, 6) is 1.61. The maximum absolute atomic E-state index is 5.71. The molecular weight excluding hydrogens is 188 g/mol. The van der Waals surface area contributed by atoms with Gasteiger partial charge in [-0.15, -0.1) is 0 Å². The Balaban J connectivity index is 2.17. The highest BCUT2D eigenvalue weighted by Gasteiger charge is 2.23. The fourth-order valence-corrected chi connectivity index (χ4v) is 2.18. The number of ether oxygens (including phenoxy) is 2. The first-order chi connectivity index (χ1) is 7.22. The van der Waals surface area contributed by atoms with Crippen LogP contribution < -0.4 is 0 Å². The maximum Gasteiger partial charge on any atom is 0.157 e. The first-order valence-corrected chi connectivity index (χ1v) is 6.45. The van der Waals surface area contributed by atoms with Gasteiger partial charge in [-0.1, -0.05) is 27.2 Å². The van der Waals surface area contributed by atoms with Crippen LogP contribution in [0, 0.1) is 11.8 Å². The standard InChI is InChI=1S/C13H26O2/c1-4-5-7-14-13-10-12(6-8-15-13)9-11(2)3/h11-13H,4-10H2,1-3H3. The fraction of sp³-hybridized carbons (Fsp3) is 1.00. The van der Waals surface area contributed by atoms with Gasteiger partial charge in [0.25, 0.3) is 0 Å². The van der Waals surface area contributed by atoms with Gasteiger partial charge in [-0.3, -0.25) is 0 Å². The van der Waals surface area contributed by atoms with Crippen LogP contribution in [0.25, 0.3) is 0 Å². The summed E-state index contributed by atoms with van der Waals surface area (Å²) >= 11 is 0. The second-order valence-corrected chi connectivity index (χ2v) is 5.04. The lowest BCUT2D eigenvalue weighted by Crippen LogP contribution is -2.29. The minimum absolute atomic E-state index is 0.0778. The summed E-state index contributed by atoms with van der Waals surface area (Å²) in [6.45, 7) is 8.52. The Morgan fingerprint density at radius 2 is 2.20 bits per heavy atom. The SMILES string of the molecule is CCCCOC1CC(CC(C)C)CCO1. The van der Waals surface area contributed by atoms with Crippen LogP contribution in [0.2, 0.25) is 0 Å². The van der Waals surface area contributed by atoms with Crippen molar-refractivity contribution in [1.82, 2.24) is 0 Å². The zero-order chi connectivity index (χ0) is 11.1. The summed E-state index contributed by atoms with van der Waals surface area (Å²) in [5, 5.41) is 0. The number of unbranched alkanes of at least 4 members (excludes halogenated alkanes) is 1. The Bertz CT molecular complexity index is 157. The first-order valence-electron chi connectivity index (χ1n) is 6.45. The van der Waals surface area contributed by atoms with Gasteiger partial charge in [0, 0.05) is 19.6 Å². The van der Waals surface area contributed by atoms with E-state index in [4.69, 9.17) is 9.47 Å². The maximum atomic E-state index is 5.71. The number of hydrogen-bond donors (Lipinski definition) is 0. The van der Waals surface area contributed by atoms with Crippen LogP contribution in [0.4, 0.5) is 0 Å². The third-order valence-corrected chi connectivity index (χ3v) is 2.96. The lowest BCUT2D eigenvalue weighted by Gasteiger charge is -2.30. The van der Waals surface area contributed by atoms with Gasteiger partial charge in [0.15, 0.2) is 6.29 Å². The first kappa shape index (κ1) is 13.0. The molecule has 1 aliphatic heterocycles. The summed E-state index contributed by atoms with van der Waals surface area (Å²) in [4.78, 5) is 0. The average molecular weight is 214 g/mol. The van der Waals surface area contributed by atoms with Gasteiger partial charge in [0.2, 0.25) is 0 Å². The van der Waals surface area contributed by atoms with E-state index in [1.54, 1.807) is 0 Å². The van der Waals surface area contributed by atoms with Crippen LogP contribution in [0.1, 0.15) is 52.9 Å².